The maximum Gasteiger partial charge on any atom is 0.276 e. The largest absolute Gasteiger partial charge is 0.543 e. The van der Waals surface area contributed by atoms with Gasteiger partial charge >= 0.3 is 0 Å². The summed E-state index contributed by atoms with van der Waals surface area (Å²) in [5.74, 6) is -1.96. The fraction of sp³-hybridized carbons (Fsp3) is 0.421. The Balaban J connectivity index is 1.50. The average molecular weight is 525 g/mol. The topological polar surface area (TPSA) is 204 Å². The van der Waals surface area contributed by atoms with Gasteiger partial charge < -0.3 is 36.6 Å². The third-order valence-corrected chi connectivity index (χ3v) is 7.68. The first kappa shape index (κ1) is 24.8. The monoisotopic (exact) mass is 524 g/mol. The van der Waals surface area contributed by atoms with E-state index in [-0.39, 0.29) is 41.9 Å². The lowest BCUT2D eigenvalue weighted by Crippen LogP contribution is -3.16. The molecule has 0 aromatic carbocycles. The number of aromatic nitrogens is 1. The van der Waals surface area contributed by atoms with Crippen LogP contribution in [0.5, 0.6) is 0 Å². The number of aliphatic carboxylic acids is 1. The predicted molar refractivity (Wildman–Crippen MR) is 124 cm³/mol. The first-order valence-electron chi connectivity index (χ1n) is 10.5. The normalized spacial score (nSPS) is 24.2. The second kappa shape index (κ2) is 10.1. The highest BCUT2D eigenvalue weighted by molar-refractivity contribution is 8.00. The van der Waals surface area contributed by atoms with Crippen LogP contribution in [0.15, 0.2) is 33.7 Å². The highest BCUT2D eigenvalue weighted by Crippen LogP contribution is 2.39. The Morgan fingerprint density at radius 3 is 2.86 bits per heavy atom. The van der Waals surface area contributed by atoms with Gasteiger partial charge in [0.2, 0.25) is 0 Å². The van der Waals surface area contributed by atoms with Crippen molar-refractivity contribution in [2.24, 2.45) is 10.9 Å². The van der Waals surface area contributed by atoms with Gasteiger partial charge in [-0.15, -0.1) is 23.1 Å². The zero-order valence-electron chi connectivity index (χ0n) is 18.6. The number of carboxylic acid groups (broad SMARTS) is 1. The van der Waals surface area contributed by atoms with E-state index in [0.29, 0.717) is 23.7 Å². The molecule has 14 nitrogen and oxygen atoms in total. The van der Waals surface area contributed by atoms with Crippen molar-refractivity contribution in [3.05, 3.63) is 34.2 Å². The summed E-state index contributed by atoms with van der Waals surface area (Å²) in [6.07, 6.45) is 1.79. The maximum absolute atomic E-state index is 13.0. The number of rotatable bonds is 9. The van der Waals surface area contributed by atoms with Crippen molar-refractivity contribution in [2.75, 3.05) is 44.8 Å². The fourth-order valence-corrected chi connectivity index (χ4v) is 6.03. The number of fused-ring (bicyclic) bond motifs is 1. The average Bonchev–Trinajstić information content (AvgIpc) is 3.41. The molecule has 4 heterocycles. The van der Waals surface area contributed by atoms with E-state index in [2.05, 4.69) is 15.5 Å². The summed E-state index contributed by atoms with van der Waals surface area (Å²) in [6, 6.07) is -0.969. The molecule has 1 aromatic heterocycles. The van der Waals surface area contributed by atoms with E-state index in [1.165, 1.54) is 24.3 Å². The third kappa shape index (κ3) is 4.64. The number of nitrogens with two attached hydrogens (primary N) is 2. The molecule has 3 unspecified atom stereocenters. The van der Waals surface area contributed by atoms with Gasteiger partial charge in [0.1, 0.15) is 43.1 Å². The number of anilines is 1. The molecule has 16 heteroatoms. The Morgan fingerprint density at radius 1 is 1.46 bits per heavy atom. The molecule has 7 N–H and O–H groups in total. The molecule has 188 valence electrons. The fourth-order valence-electron chi connectivity index (χ4n) is 4.14. The predicted octanol–water partition coefficient (Wildman–Crippen LogP) is -4.61. The van der Waals surface area contributed by atoms with Crippen LogP contribution in [0.25, 0.3) is 0 Å². The highest BCUT2D eigenvalue weighted by Gasteiger charge is 2.53. The zero-order chi connectivity index (χ0) is 25.3. The first-order chi connectivity index (χ1) is 16.8. The minimum atomic E-state index is -1.48. The minimum absolute atomic E-state index is 0.116. The summed E-state index contributed by atoms with van der Waals surface area (Å²) in [4.78, 5) is 47.7. The third-order valence-electron chi connectivity index (χ3n) is 5.67. The van der Waals surface area contributed by atoms with E-state index < -0.39 is 29.2 Å². The van der Waals surface area contributed by atoms with E-state index in [0.717, 1.165) is 21.2 Å². The molecule has 2 amide bonds. The molecule has 0 spiro atoms. The van der Waals surface area contributed by atoms with Crippen LogP contribution in [0.4, 0.5) is 5.13 Å². The lowest BCUT2D eigenvalue weighted by Gasteiger charge is -2.50. The number of amides is 2. The van der Waals surface area contributed by atoms with Gasteiger partial charge in [-0.2, -0.15) is 0 Å². The highest BCUT2D eigenvalue weighted by atomic mass is 32.2. The summed E-state index contributed by atoms with van der Waals surface area (Å²) in [6.45, 7) is 0.944. The number of oxime groups is 1. The SMILES string of the molecule is CON=C(C(=O)NC1C(=O)N2C(C(=O)[O-])=C(C[NH+]3CC=C(N)N3CCO)CSC12)c1csc(N)n1. The molecule has 4 rings (SSSR count). The zero-order valence-corrected chi connectivity index (χ0v) is 20.2. The van der Waals surface area contributed by atoms with Crippen molar-refractivity contribution in [2.45, 2.75) is 11.4 Å². The number of hydrogen-bond donors (Lipinski definition) is 5. The number of nitrogen functional groups attached to an aromatic ring is 1. The summed E-state index contributed by atoms with van der Waals surface area (Å²) in [5.41, 5.74) is 11.9. The molecule has 0 radical (unpaired) electrons. The Morgan fingerprint density at radius 2 is 2.23 bits per heavy atom. The van der Waals surface area contributed by atoms with E-state index in [1.54, 1.807) is 11.1 Å². The van der Waals surface area contributed by atoms with Crippen molar-refractivity contribution >= 4 is 51.7 Å². The van der Waals surface area contributed by atoms with E-state index in [1.807, 2.05) is 0 Å². The number of β-amino-alcohol motifs (C(OH)–C–C–N with tert-alkyl or cyclic N) is 1. The van der Waals surface area contributed by atoms with Crippen LogP contribution in [0.1, 0.15) is 5.69 Å². The Hall–Kier alpha value is -3.34. The number of aliphatic hydroxyl groups is 1. The van der Waals surface area contributed by atoms with E-state index in [4.69, 9.17) is 16.3 Å². The summed E-state index contributed by atoms with van der Waals surface area (Å²) >= 11 is 2.44. The molecule has 3 aliphatic heterocycles. The van der Waals surface area contributed by atoms with Crippen molar-refractivity contribution in [3.63, 3.8) is 0 Å². The van der Waals surface area contributed by atoms with Crippen molar-refractivity contribution in [1.82, 2.24) is 20.2 Å². The van der Waals surface area contributed by atoms with Crippen LogP contribution in [-0.2, 0) is 19.2 Å². The smallest absolute Gasteiger partial charge is 0.276 e. The number of aliphatic hydroxyl groups excluding tert-OH is 1. The van der Waals surface area contributed by atoms with Gasteiger partial charge in [0, 0.05) is 22.8 Å². The van der Waals surface area contributed by atoms with E-state index >= 15 is 0 Å². The number of quaternary nitrogens is 1. The Kier molecular flexibility index (Phi) is 7.15. The van der Waals surface area contributed by atoms with Gasteiger partial charge in [0.05, 0.1) is 24.8 Å². The molecule has 0 bridgehead atoms. The molecule has 3 atom stereocenters. The summed E-state index contributed by atoms with van der Waals surface area (Å²) < 4.78 is 0. The summed E-state index contributed by atoms with van der Waals surface area (Å²) in [5, 5.41) is 31.3. The van der Waals surface area contributed by atoms with Crippen LogP contribution >= 0.6 is 23.1 Å². The van der Waals surface area contributed by atoms with E-state index in [9.17, 15) is 24.6 Å². The second-order valence-electron chi connectivity index (χ2n) is 7.75. The van der Waals surface area contributed by atoms with Crippen LogP contribution in [-0.4, -0.2) is 94.0 Å². The van der Waals surface area contributed by atoms with Crippen LogP contribution < -0.4 is 26.9 Å². The number of nitrogens with zero attached hydrogens (tertiary/aromatic N) is 4. The van der Waals surface area contributed by atoms with Gasteiger partial charge in [-0.1, -0.05) is 5.16 Å². The van der Waals surface area contributed by atoms with Crippen molar-refractivity contribution < 1.29 is 34.4 Å². The molecule has 0 saturated carbocycles. The number of carbonyl (C=O) groups excluding carboxylic acids is 3. The number of hydrogen-bond acceptors (Lipinski definition) is 13. The molecular formula is C19H24N8O6S2. The number of carboxylic acids is 1. The Labute approximate surface area is 207 Å². The molecule has 3 aliphatic rings. The van der Waals surface area contributed by atoms with Gasteiger partial charge in [-0.05, 0) is 0 Å². The van der Waals surface area contributed by atoms with Crippen molar-refractivity contribution in [3.8, 4) is 0 Å². The molecule has 1 aromatic rings. The number of β-lactam (4-membered cyclic amide) rings is 1. The Bertz CT molecular complexity index is 1130. The van der Waals surface area contributed by atoms with Gasteiger partial charge in [-0.25, -0.2) is 15.0 Å². The number of thiazole rings is 1. The lowest BCUT2D eigenvalue weighted by atomic mass is 10.0. The lowest BCUT2D eigenvalue weighted by molar-refractivity contribution is -0.994. The first-order valence-corrected chi connectivity index (χ1v) is 12.4. The van der Waals surface area contributed by atoms with Gasteiger partial charge in [0.15, 0.2) is 10.8 Å². The van der Waals surface area contributed by atoms with Crippen LogP contribution in [0.2, 0.25) is 0 Å². The standard InChI is InChI=1S/C19H24N8O6S2/c1-33-24-12(10-8-35-19(21)22-10)15(29)23-13-16(30)27-14(18(31)32)9(7-34-17(13)27)6-25-3-2-11(20)26(25)4-5-28/h2,8,13,17,28H,3-7,20H2,1H3,(H2,21,22)(H,23,29)(H,31,32). The number of carbonyl (C=O) groups is 3. The minimum Gasteiger partial charge on any atom is -0.543 e. The second-order valence-corrected chi connectivity index (χ2v) is 9.74. The molecule has 0 aliphatic carbocycles. The van der Waals surface area contributed by atoms with Crippen molar-refractivity contribution in [1.29, 1.82) is 0 Å². The van der Waals surface area contributed by atoms with Crippen LogP contribution in [0, 0.1) is 0 Å². The molecule has 1 saturated heterocycles. The molecular weight excluding hydrogens is 500 g/mol. The maximum atomic E-state index is 13.0. The number of nitrogens with one attached hydrogen (secondary N) is 2. The quantitative estimate of drug-likeness (QED) is 0.118. The summed E-state index contributed by atoms with van der Waals surface area (Å²) in [7, 11) is 1.27. The number of thioether (sulfide) groups is 1. The van der Waals surface area contributed by atoms with Crippen LogP contribution in [0.3, 0.4) is 0 Å². The molecule has 1 fully saturated rings. The van der Waals surface area contributed by atoms with Gasteiger partial charge in [-0.3, -0.25) is 14.5 Å². The van der Waals surface area contributed by atoms with Gasteiger partial charge in [0.25, 0.3) is 11.8 Å². The molecule has 35 heavy (non-hydrogen) atoms.